The van der Waals surface area contributed by atoms with Crippen LogP contribution in [-0.4, -0.2) is 21.3 Å². The number of benzene rings is 3. The van der Waals surface area contributed by atoms with Crippen LogP contribution in [0.5, 0.6) is 17.2 Å². The smallest absolute Gasteiger partial charge is 0.122 e. The van der Waals surface area contributed by atoms with E-state index in [0.29, 0.717) is 0 Å². The molecule has 0 amide bonds. The molecule has 3 aromatic rings. The molecule has 0 atom stereocenters. The maximum atomic E-state index is 5.59. The molecule has 0 aliphatic heterocycles. The van der Waals surface area contributed by atoms with Gasteiger partial charge in [-0.2, -0.15) is 0 Å². The van der Waals surface area contributed by atoms with Crippen molar-refractivity contribution in [2.24, 2.45) is 0 Å². The number of hydrogen-bond donors (Lipinski definition) is 0. The topological polar surface area (TPSA) is 27.7 Å². The minimum atomic E-state index is 0.900. The second kappa shape index (κ2) is 9.84. The summed E-state index contributed by atoms with van der Waals surface area (Å²) in [5, 5.41) is 0. The van der Waals surface area contributed by atoms with Crippen LogP contribution in [0.2, 0.25) is 0 Å². The van der Waals surface area contributed by atoms with Crippen LogP contribution in [0.25, 0.3) is 0 Å². The lowest BCUT2D eigenvalue weighted by atomic mass is 9.98. The van der Waals surface area contributed by atoms with Crippen molar-refractivity contribution in [3.05, 3.63) is 89.0 Å². The van der Waals surface area contributed by atoms with E-state index >= 15 is 0 Å². The highest BCUT2D eigenvalue weighted by molar-refractivity contribution is 5.39. The standard InChI is InChI=1S/C25H28O3/c1-26-23-8-4-6-19(17-23)10-11-21-13-15-25(28-3)22(16-21)14-12-20-7-5-9-24(18-20)27-2/h4-9,13,15-18H,10-12,14H2,1-3H3. The van der Waals surface area contributed by atoms with E-state index in [9.17, 15) is 0 Å². The second-order valence-electron chi connectivity index (χ2n) is 6.85. The molecule has 3 aromatic carbocycles. The molecule has 0 aromatic heterocycles. The summed E-state index contributed by atoms with van der Waals surface area (Å²) in [5.74, 6) is 2.76. The Morgan fingerprint density at radius 1 is 0.536 bits per heavy atom. The van der Waals surface area contributed by atoms with E-state index in [1.807, 2.05) is 24.3 Å². The van der Waals surface area contributed by atoms with E-state index in [2.05, 4.69) is 42.5 Å². The minimum Gasteiger partial charge on any atom is -0.497 e. The van der Waals surface area contributed by atoms with Crippen molar-refractivity contribution in [3.8, 4) is 17.2 Å². The van der Waals surface area contributed by atoms with Gasteiger partial charge in [0.1, 0.15) is 17.2 Å². The Bertz CT molecular complexity index is 902. The molecule has 0 spiro atoms. The van der Waals surface area contributed by atoms with Gasteiger partial charge in [0.05, 0.1) is 21.3 Å². The van der Waals surface area contributed by atoms with Crippen LogP contribution in [-0.2, 0) is 25.7 Å². The van der Waals surface area contributed by atoms with Gasteiger partial charge in [0.25, 0.3) is 0 Å². The largest absolute Gasteiger partial charge is 0.497 e. The Morgan fingerprint density at radius 3 is 1.61 bits per heavy atom. The highest BCUT2D eigenvalue weighted by Crippen LogP contribution is 2.24. The van der Waals surface area contributed by atoms with E-state index in [-0.39, 0.29) is 0 Å². The van der Waals surface area contributed by atoms with Crippen LogP contribution < -0.4 is 14.2 Å². The van der Waals surface area contributed by atoms with E-state index in [4.69, 9.17) is 14.2 Å². The molecule has 3 nitrogen and oxygen atoms in total. The zero-order chi connectivity index (χ0) is 19.8. The summed E-state index contributed by atoms with van der Waals surface area (Å²) in [6.07, 6.45) is 3.86. The number of hydrogen-bond acceptors (Lipinski definition) is 3. The highest BCUT2D eigenvalue weighted by atomic mass is 16.5. The maximum Gasteiger partial charge on any atom is 0.122 e. The quantitative estimate of drug-likeness (QED) is 0.508. The van der Waals surface area contributed by atoms with Gasteiger partial charge in [-0.1, -0.05) is 36.4 Å². The van der Waals surface area contributed by atoms with E-state index in [0.717, 1.165) is 42.9 Å². The van der Waals surface area contributed by atoms with Crippen molar-refractivity contribution in [2.45, 2.75) is 25.7 Å². The summed E-state index contributed by atoms with van der Waals surface area (Å²) in [4.78, 5) is 0. The fourth-order valence-corrected chi connectivity index (χ4v) is 3.41. The van der Waals surface area contributed by atoms with Gasteiger partial charge in [-0.15, -0.1) is 0 Å². The monoisotopic (exact) mass is 376 g/mol. The normalized spacial score (nSPS) is 10.5. The van der Waals surface area contributed by atoms with Crippen LogP contribution in [0, 0.1) is 0 Å². The highest BCUT2D eigenvalue weighted by Gasteiger charge is 2.07. The van der Waals surface area contributed by atoms with E-state index < -0.39 is 0 Å². The average molecular weight is 376 g/mol. The van der Waals surface area contributed by atoms with Crippen molar-refractivity contribution in [3.63, 3.8) is 0 Å². The SMILES string of the molecule is COc1cccc(CCc2ccc(OC)c(CCc3cccc(OC)c3)c2)c1. The average Bonchev–Trinajstić information content (AvgIpc) is 2.76. The van der Waals surface area contributed by atoms with Gasteiger partial charge in [0.2, 0.25) is 0 Å². The first-order valence-corrected chi connectivity index (χ1v) is 9.63. The molecule has 28 heavy (non-hydrogen) atoms. The lowest BCUT2D eigenvalue weighted by Crippen LogP contribution is -1.99. The van der Waals surface area contributed by atoms with Crippen molar-refractivity contribution >= 4 is 0 Å². The van der Waals surface area contributed by atoms with Crippen LogP contribution in [0.15, 0.2) is 66.7 Å². The number of aryl methyl sites for hydroxylation is 4. The Balaban J connectivity index is 1.68. The predicted molar refractivity (Wildman–Crippen MR) is 114 cm³/mol. The summed E-state index contributed by atoms with van der Waals surface area (Å²) in [6, 6.07) is 23.0. The van der Waals surface area contributed by atoms with Crippen molar-refractivity contribution in [1.29, 1.82) is 0 Å². The Morgan fingerprint density at radius 2 is 1.07 bits per heavy atom. The van der Waals surface area contributed by atoms with E-state index in [1.54, 1.807) is 21.3 Å². The van der Waals surface area contributed by atoms with Crippen molar-refractivity contribution in [2.75, 3.05) is 21.3 Å². The van der Waals surface area contributed by atoms with Gasteiger partial charge in [-0.25, -0.2) is 0 Å². The lowest BCUT2D eigenvalue weighted by molar-refractivity contribution is 0.409. The molecule has 0 aliphatic rings. The lowest BCUT2D eigenvalue weighted by Gasteiger charge is -2.12. The molecule has 0 saturated heterocycles. The Labute approximate surface area is 167 Å². The molecule has 0 saturated carbocycles. The van der Waals surface area contributed by atoms with Crippen LogP contribution in [0.1, 0.15) is 22.3 Å². The molecule has 0 bridgehead atoms. The van der Waals surface area contributed by atoms with Gasteiger partial charge in [-0.05, 0) is 78.3 Å². The summed E-state index contributed by atoms with van der Waals surface area (Å²) in [5.41, 5.74) is 5.12. The molecule has 0 heterocycles. The zero-order valence-electron chi connectivity index (χ0n) is 16.9. The van der Waals surface area contributed by atoms with E-state index in [1.165, 1.54) is 22.3 Å². The van der Waals surface area contributed by atoms with Crippen molar-refractivity contribution in [1.82, 2.24) is 0 Å². The summed E-state index contributed by atoms with van der Waals surface area (Å²) in [6.45, 7) is 0. The first kappa shape index (κ1) is 19.8. The first-order valence-electron chi connectivity index (χ1n) is 9.63. The van der Waals surface area contributed by atoms with Crippen LogP contribution >= 0.6 is 0 Å². The minimum absolute atomic E-state index is 0.900. The van der Waals surface area contributed by atoms with Gasteiger partial charge in [0, 0.05) is 0 Å². The van der Waals surface area contributed by atoms with Gasteiger partial charge in [-0.3, -0.25) is 0 Å². The third kappa shape index (κ3) is 5.29. The number of methoxy groups -OCH3 is 3. The molecule has 3 heteroatoms. The summed E-state index contributed by atoms with van der Waals surface area (Å²) >= 11 is 0. The second-order valence-corrected chi connectivity index (χ2v) is 6.85. The molecular weight excluding hydrogens is 348 g/mol. The number of rotatable bonds is 9. The third-order valence-corrected chi connectivity index (χ3v) is 5.00. The molecule has 0 aliphatic carbocycles. The third-order valence-electron chi connectivity index (χ3n) is 5.00. The van der Waals surface area contributed by atoms with Gasteiger partial charge >= 0.3 is 0 Å². The molecule has 0 radical (unpaired) electrons. The molecule has 0 fully saturated rings. The maximum absolute atomic E-state index is 5.59. The molecule has 0 N–H and O–H groups in total. The molecule has 0 unspecified atom stereocenters. The molecule has 3 rings (SSSR count). The van der Waals surface area contributed by atoms with Crippen molar-refractivity contribution < 1.29 is 14.2 Å². The first-order chi connectivity index (χ1) is 13.7. The molecule has 146 valence electrons. The zero-order valence-corrected chi connectivity index (χ0v) is 16.9. The van der Waals surface area contributed by atoms with Crippen LogP contribution in [0.4, 0.5) is 0 Å². The number of ether oxygens (including phenoxy) is 3. The van der Waals surface area contributed by atoms with Gasteiger partial charge in [0.15, 0.2) is 0 Å². The fourth-order valence-electron chi connectivity index (χ4n) is 3.41. The van der Waals surface area contributed by atoms with Crippen LogP contribution in [0.3, 0.4) is 0 Å². The summed E-state index contributed by atoms with van der Waals surface area (Å²) < 4.78 is 16.2. The molecular formula is C25H28O3. The fraction of sp³-hybridized carbons (Fsp3) is 0.280. The predicted octanol–water partition coefficient (Wildman–Crippen LogP) is 5.28. The Hall–Kier alpha value is -2.94. The van der Waals surface area contributed by atoms with Gasteiger partial charge < -0.3 is 14.2 Å². The Kier molecular flexibility index (Phi) is 6.96. The summed E-state index contributed by atoms with van der Waals surface area (Å²) in [7, 11) is 5.14.